The summed E-state index contributed by atoms with van der Waals surface area (Å²) in [6, 6.07) is 4.41. The molecule has 0 radical (unpaired) electrons. The van der Waals surface area contributed by atoms with Gasteiger partial charge < -0.3 is 15.2 Å². The summed E-state index contributed by atoms with van der Waals surface area (Å²) in [6.45, 7) is 5.95. The number of carboxylic acid groups (broad SMARTS) is 1. The van der Waals surface area contributed by atoms with Crippen LogP contribution in [0.4, 0.5) is 0 Å². The minimum absolute atomic E-state index is 0.0785. The first-order chi connectivity index (χ1) is 9.90. The van der Waals surface area contributed by atoms with Crippen LogP contribution in [0.5, 0.6) is 0 Å². The Morgan fingerprint density at radius 3 is 2.57 bits per heavy atom. The summed E-state index contributed by atoms with van der Waals surface area (Å²) in [4.78, 5) is 22.9. The molecule has 0 saturated carbocycles. The quantitative estimate of drug-likeness (QED) is 0.701. The van der Waals surface area contributed by atoms with E-state index in [0.29, 0.717) is 35.7 Å². The van der Waals surface area contributed by atoms with Crippen molar-refractivity contribution in [3.8, 4) is 0 Å². The van der Waals surface area contributed by atoms with Crippen molar-refractivity contribution in [2.75, 3.05) is 19.8 Å². The maximum Gasteiger partial charge on any atom is 0.335 e. The van der Waals surface area contributed by atoms with E-state index < -0.39 is 5.97 Å². The Labute approximate surface area is 132 Å². The number of hydrogen-bond acceptors (Lipinski definition) is 3. The third-order valence-corrected chi connectivity index (χ3v) is 3.07. The number of carboxylic acids is 1. The lowest BCUT2D eigenvalue weighted by molar-refractivity contribution is 0.0697. The molecule has 1 amide bonds. The molecule has 0 heterocycles. The molecule has 0 aliphatic heterocycles. The Morgan fingerprint density at radius 1 is 1.29 bits per heavy atom. The monoisotopic (exact) mass is 357 g/mol. The van der Waals surface area contributed by atoms with Crippen molar-refractivity contribution in [3.05, 3.63) is 33.8 Å². The van der Waals surface area contributed by atoms with Crippen LogP contribution in [0.2, 0.25) is 0 Å². The Hall–Kier alpha value is -1.40. The van der Waals surface area contributed by atoms with Crippen LogP contribution < -0.4 is 5.32 Å². The van der Waals surface area contributed by atoms with Crippen LogP contribution in [0.15, 0.2) is 22.7 Å². The van der Waals surface area contributed by atoms with Crippen LogP contribution in [0, 0.1) is 5.92 Å². The van der Waals surface area contributed by atoms with Crippen molar-refractivity contribution in [1.29, 1.82) is 0 Å². The van der Waals surface area contributed by atoms with Crippen molar-refractivity contribution >= 4 is 27.8 Å². The van der Waals surface area contributed by atoms with Gasteiger partial charge in [0.1, 0.15) is 0 Å². The van der Waals surface area contributed by atoms with Crippen molar-refractivity contribution in [2.24, 2.45) is 5.92 Å². The molecule has 0 saturated heterocycles. The average molecular weight is 358 g/mol. The second-order valence-corrected chi connectivity index (χ2v) is 6.03. The molecular weight excluding hydrogens is 338 g/mol. The Morgan fingerprint density at radius 2 is 1.95 bits per heavy atom. The summed E-state index contributed by atoms with van der Waals surface area (Å²) < 4.78 is 5.98. The smallest absolute Gasteiger partial charge is 0.335 e. The number of benzene rings is 1. The number of carbonyl (C=O) groups excluding carboxylic acids is 1. The van der Waals surface area contributed by atoms with E-state index in [9.17, 15) is 9.59 Å². The van der Waals surface area contributed by atoms with Crippen molar-refractivity contribution < 1.29 is 19.4 Å². The first-order valence-electron chi connectivity index (χ1n) is 6.80. The van der Waals surface area contributed by atoms with Crippen LogP contribution >= 0.6 is 15.9 Å². The lowest BCUT2D eigenvalue weighted by Gasteiger charge is -2.08. The minimum Gasteiger partial charge on any atom is -0.478 e. The second kappa shape index (κ2) is 8.79. The second-order valence-electron chi connectivity index (χ2n) is 5.11. The largest absolute Gasteiger partial charge is 0.478 e. The van der Waals surface area contributed by atoms with Crippen LogP contribution in [0.1, 0.15) is 41.0 Å². The van der Waals surface area contributed by atoms with Gasteiger partial charge in [0.25, 0.3) is 5.91 Å². The van der Waals surface area contributed by atoms with E-state index in [-0.39, 0.29) is 11.5 Å². The number of hydrogen-bond donors (Lipinski definition) is 2. The predicted molar refractivity (Wildman–Crippen MR) is 83.7 cm³/mol. The van der Waals surface area contributed by atoms with Crippen LogP contribution in [0.3, 0.4) is 0 Å². The number of rotatable bonds is 8. The third kappa shape index (κ3) is 6.73. The number of ether oxygens (including phenoxy) is 1. The molecule has 6 heteroatoms. The van der Waals surface area contributed by atoms with E-state index in [1.54, 1.807) is 6.07 Å². The highest BCUT2D eigenvalue weighted by Crippen LogP contribution is 2.16. The molecule has 5 nitrogen and oxygen atoms in total. The average Bonchev–Trinajstić information content (AvgIpc) is 2.41. The number of carbonyl (C=O) groups is 2. The van der Waals surface area contributed by atoms with Gasteiger partial charge in [-0.1, -0.05) is 29.8 Å². The number of aromatic carboxylic acids is 1. The fourth-order valence-corrected chi connectivity index (χ4v) is 2.13. The van der Waals surface area contributed by atoms with E-state index in [4.69, 9.17) is 9.84 Å². The van der Waals surface area contributed by atoms with E-state index in [2.05, 4.69) is 35.1 Å². The molecular formula is C15H20BrNO4. The highest BCUT2D eigenvalue weighted by atomic mass is 79.9. The standard InChI is InChI=1S/C15H20BrNO4/c1-10(2)9-21-5-3-4-17-14(18)11-6-12(15(19)20)8-13(16)7-11/h6-8,10H,3-5,9H2,1-2H3,(H,17,18)(H,19,20). The fraction of sp³-hybridized carbons (Fsp3) is 0.467. The van der Waals surface area contributed by atoms with Crippen molar-refractivity contribution in [2.45, 2.75) is 20.3 Å². The molecule has 1 aromatic carbocycles. The van der Waals surface area contributed by atoms with Gasteiger partial charge in [0.05, 0.1) is 5.56 Å². The highest BCUT2D eigenvalue weighted by molar-refractivity contribution is 9.10. The molecule has 0 aromatic heterocycles. The molecule has 0 bridgehead atoms. The van der Waals surface area contributed by atoms with E-state index >= 15 is 0 Å². The zero-order valence-electron chi connectivity index (χ0n) is 12.2. The number of halogens is 1. The molecule has 1 aromatic rings. The Bertz CT molecular complexity index is 502. The van der Waals surface area contributed by atoms with Gasteiger partial charge in [0.15, 0.2) is 0 Å². The number of amides is 1. The summed E-state index contributed by atoms with van der Waals surface area (Å²) in [7, 11) is 0. The van der Waals surface area contributed by atoms with E-state index in [1.807, 2.05) is 0 Å². The van der Waals surface area contributed by atoms with Gasteiger partial charge in [0.2, 0.25) is 0 Å². The molecule has 0 spiro atoms. The first-order valence-corrected chi connectivity index (χ1v) is 7.59. The Balaban J connectivity index is 2.43. The van der Waals surface area contributed by atoms with Gasteiger partial charge in [-0.15, -0.1) is 0 Å². The van der Waals surface area contributed by atoms with E-state index in [1.165, 1.54) is 12.1 Å². The maximum atomic E-state index is 11.9. The van der Waals surface area contributed by atoms with E-state index in [0.717, 1.165) is 6.42 Å². The lowest BCUT2D eigenvalue weighted by Crippen LogP contribution is -2.25. The molecule has 0 atom stereocenters. The summed E-state index contributed by atoms with van der Waals surface area (Å²) >= 11 is 3.20. The summed E-state index contributed by atoms with van der Waals surface area (Å²) in [5.74, 6) is -0.856. The topological polar surface area (TPSA) is 75.6 Å². The molecule has 21 heavy (non-hydrogen) atoms. The molecule has 2 N–H and O–H groups in total. The minimum atomic E-state index is -1.06. The van der Waals surface area contributed by atoms with Gasteiger partial charge >= 0.3 is 5.97 Å². The van der Waals surface area contributed by atoms with Crippen LogP contribution in [-0.2, 0) is 4.74 Å². The van der Waals surface area contributed by atoms with Gasteiger partial charge in [0, 0.05) is 29.8 Å². The SMILES string of the molecule is CC(C)COCCCNC(=O)c1cc(Br)cc(C(=O)O)c1. The molecule has 0 aliphatic rings. The number of nitrogens with one attached hydrogen (secondary N) is 1. The van der Waals surface area contributed by atoms with Gasteiger partial charge in [-0.05, 0) is 30.5 Å². The third-order valence-electron chi connectivity index (χ3n) is 2.61. The summed E-state index contributed by atoms with van der Waals surface area (Å²) in [5, 5.41) is 11.7. The molecule has 1 rings (SSSR count). The zero-order chi connectivity index (χ0) is 15.8. The molecule has 0 fully saturated rings. The predicted octanol–water partition coefficient (Wildman–Crippen LogP) is 2.94. The summed E-state index contributed by atoms with van der Waals surface area (Å²) in [6.07, 6.45) is 0.720. The highest BCUT2D eigenvalue weighted by Gasteiger charge is 2.11. The first kappa shape index (κ1) is 17.7. The van der Waals surface area contributed by atoms with Crippen LogP contribution in [-0.4, -0.2) is 36.7 Å². The lowest BCUT2D eigenvalue weighted by atomic mass is 10.1. The molecule has 0 unspecified atom stereocenters. The molecule has 116 valence electrons. The van der Waals surface area contributed by atoms with Gasteiger partial charge in [-0.3, -0.25) is 4.79 Å². The van der Waals surface area contributed by atoms with Gasteiger partial charge in [-0.2, -0.15) is 0 Å². The van der Waals surface area contributed by atoms with Crippen molar-refractivity contribution in [3.63, 3.8) is 0 Å². The van der Waals surface area contributed by atoms with Gasteiger partial charge in [-0.25, -0.2) is 4.79 Å². The van der Waals surface area contributed by atoms with Crippen molar-refractivity contribution in [1.82, 2.24) is 5.32 Å². The molecule has 0 aliphatic carbocycles. The zero-order valence-corrected chi connectivity index (χ0v) is 13.8. The Kier molecular flexibility index (Phi) is 7.39. The normalized spacial score (nSPS) is 10.7. The maximum absolute atomic E-state index is 11.9. The van der Waals surface area contributed by atoms with Crippen LogP contribution in [0.25, 0.3) is 0 Å². The summed E-state index contributed by atoms with van der Waals surface area (Å²) in [5.41, 5.74) is 0.402. The fourth-order valence-electron chi connectivity index (χ4n) is 1.64.